The molecule has 0 aromatic heterocycles. The minimum atomic E-state index is -3.44. The molecule has 128 valence electrons. The van der Waals surface area contributed by atoms with Crippen molar-refractivity contribution >= 4 is 15.9 Å². The van der Waals surface area contributed by atoms with Gasteiger partial charge >= 0.3 is 0 Å². The van der Waals surface area contributed by atoms with Crippen LogP contribution in [-0.4, -0.2) is 26.4 Å². The molecule has 0 spiro atoms. The number of amides is 1. The molecule has 0 radical (unpaired) electrons. The monoisotopic (exact) mass is 338 g/mol. The van der Waals surface area contributed by atoms with Crippen LogP contribution in [0.25, 0.3) is 0 Å². The van der Waals surface area contributed by atoms with Gasteiger partial charge in [0.1, 0.15) is 0 Å². The lowest BCUT2D eigenvalue weighted by molar-refractivity contribution is -0.121. The quantitative estimate of drug-likeness (QED) is 0.801. The van der Waals surface area contributed by atoms with Crippen LogP contribution in [0.5, 0.6) is 0 Å². The third-order valence-electron chi connectivity index (χ3n) is 4.00. The van der Waals surface area contributed by atoms with E-state index < -0.39 is 10.0 Å². The molecule has 1 aliphatic carbocycles. The first-order chi connectivity index (χ1) is 10.9. The maximum absolute atomic E-state index is 12.3. The highest BCUT2D eigenvalue weighted by atomic mass is 32.2. The molecule has 0 saturated heterocycles. The first-order valence-electron chi connectivity index (χ1n) is 8.27. The van der Waals surface area contributed by atoms with Crippen LogP contribution in [-0.2, 0) is 21.2 Å². The lowest BCUT2D eigenvalue weighted by Crippen LogP contribution is -2.32. The van der Waals surface area contributed by atoms with E-state index in [1.165, 1.54) is 0 Å². The fourth-order valence-electron chi connectivity index (χ4n) is 2.82. The van der Waals surface area contributed by atoms with Crippen LogP contribution in [0.3, 0.4) is 0 Å². The van der Waals surface area contributed by atoms with Crippen LogP contribution in [0.4, 0.5) is 0 Å². The zero-order valence-electron chi connectivity index (χ0n) is 13.8. The van der Waals surface area contributed by atoms with Crippen molar-refractivity contribution in [2.75, 3.05) is 0 Å². The van der Waals surface area contributed by atoms with Gasteiger partial charge in [-0.05, 0) is 50.8 Å². The number of aryl methyl sites for hydroxylation is 1. The second-order valence-electron chi connectivity index (χ2n) is 6.47. The molecule has 1 fully saturated rings. The van der Waals surface area contributed by atoms with Gasteiger partial charge in [-0.25, -0.2) is 13.1 Å². The van der Waals surface area contributed by atoms with Crippen molar-refractivity contribution < 1.29 is 13.2 Å². The van der Waals surface area contributed by atoms with Crippen molar-refractivity contribution in [3.63, 3.8) is 0 Å². The summed E-state index contributed by atoms with van der Waals surface area (Å²) in [6, 6.07) is 7.01. The number of carbonyl (C=O) groups excluding carboxylic acids is 1. The molecule has 1 aromatic carbocycles. The van der Waals surface area contributed by atoms with Gasteiger partial charge in [-0.15, -0.1) is 0 Å². The fraction of sp³-hybridized carbons (Fsp3) is 0.588. The Morgan fingerprint density at radius 3 is 2.35 bits per heavy atom. The normalized spacial score (nSPS) is 16.0. The highest BCUT2D eigenvalue weighted by molar-refractivity contribution is 7.89. The molecule has 6 heteroatoms. The molecule has 0 heterocycles. The number of rotatable bonds is 7. The molecule has 2 rings (SSSR count). The number of carbonyl (C=O) groups is 1. The third kappa shape index (κ3) is 5.62. The highest BCUT2D eigenvalue weighted by Gasteiger charge is 2.22. The molecule has 0 aliphatic heterocycles. The summed E-state index contributed by atoms with van der Waals surface area (Å²) in [4.78, 5) is 11.9. The van der Waals surface area contributed by atoms with E-state index in [-0.39, 0.29) is 18.0 Å². The Morgan fingerprint density at radius 1 is 1.17 bits per heavy atom. The molecular formula is C17H26N2O3S. The Balaban J connectivity index is 1.91. The lowest BCUT2D eigenvalue weighted by Gasteiger charge is -2.13. The Bertz CT molecular complexity index is 618. The predicted octanol–water partition coefficient (Wildman–Crippen LogP) is 2.36. The van der Waals surface area contributed by atoms with E-state index in [1.807, 2.05) is 13.8 Å². The molecular weight excluding hydrogens is 312 g/mol. The number of benzene rings is 1. The van der Waals surface area contributed by atoms with E-state index in [9.17, 15) is 13.2 Å². The minimum Gasteiger partial charge on any atom is -0.354 e. The minimum absolute atomic E-state index is 0.0135. The van der Waals surface area contributed by atoms with Crippen LogP contribution >= 0.6 is 0 Å². The molecule has 1 amide bonds. The molecule has 2 N–H and O–H groups in total. The lowest BCUT2D eigenvalue weighted by atomic mass is 10.1. The van der Waals surface area contributed by atoms with Gasteiger partial charge in [-0.2, -0.15) is 0 Å². The Hall–Kier alpha value is -1.40. The van der Waals surface area contributed by atoms with Gasteiger partial charge in [0.15, 0.2) is 0 Å². The SMILES string of the molecule is CC(C)NC(=O)CCc1ccc(S(=O)(=O)NC2CCCC2)cc1. The number of hydrogen-bond donors (Lipinski definition) is 2. The Morgan fingerprint density at radius 2 is 1.78 bits per heavy atom. The Labute approximate surface area is 138 Å². The molecule has 0 unspecified atom stereocenters. The first kappa shape index (κ1) is 17.9. The topological polar surface area (TPSA) is 75.3 Å². The second kappa shape index (κ2) is 7.93. The van der Waals surface area contributed by atoms with E-state index in [2.05, 4.69) is 10.0 Å². The van der Waals surface area contributed by atoms with Gasteiger partial charge < -0.3 is 5.32 Å². The smallest absolute Gasteiger partial charge is 0.240 e. The number of sulfonamides is 1. The van der Waals surface area contributed by atoms with Crippen LogP contribution < -0.4 is 10.0 Å². The van der Waals surface area contributed by atoms with E-state index in [0.717, 1.165) is 31.2 Å². The summed E-state index contributed by atoms with van der Waals surface area (Å²) < 4.78 is 27.4. The summed E-state index contributed by atoms with van der Waals surface area (Å²) in [5.41, 5.74) is 0.962. The zero-order valence-corrected chi connectivity index (χ0v) is 14.7. The zero-order chi connectivity index (χ0) is 16.9. The third-order valence-corrected chi connectivity index (χ3v) is 5.54. The molecule has 1 saturated carbocycles. The standard InChI is InChI=1S/C17H26N2O3S/c1-13(2)18-17(20)12-9-14-7-10-16(11-8-14)23(21,22)19-15-5-3-4-6-15/h7-8,10-11,13,15,19H,3-6,9,12H2,1-2H3,(H,18,20). The van der Waals surface area contributed by atoms with Crippen molar-refractivity contribution in [3.8, 4) is 0 Å². The average molecular weight is 338 g/mol. The maximum atomic E-state index is 12.3. The second-order valence-corrected chi connectivity index (χ2v) is 8.18. The Kier molecular flexibility index (Phi) is 6.18. The summed E-state index contributed by atoms with van der Waals surface area (Å²) >= 11 is 0. The van der Waals surface area contributed by atoms with Crippen LogP contribution in [0, 0.1) is 0 Å². The molecule has 1 aromatic rings. The molecule has 23 heavy (non-hydrogen) atoms. The van der Waals surface area contributed by atoms with Gasteiger partial charge in [-0.1, -0.05) is 25.0 Å². The van der Waals surface area contributed by atoms with Crippen LogP contribution in [0.1, 0.15) is 51.5 Å². The van der Waals surface area contributed by atoms with Crippen molar-refractivity contribution in [2.24, 2.45) is 0 Å². The summed E-state index contributed by atoms with van der Waals surface area (Å²) in [6.45, 7) is 3.85. The summed E-state index contributed by atoms with van der Waals surface area (Å²) in [5.74, 6) is 0.0135. The van der Waals surface area contributed by atoms with Crippen LogP contribution in [0.2, 0.25) is 0 Å². The number of nitrogens with one attached hydrogen (secondary N) is 2. The van der Waals surface area contributed by atoms with E-state index in [1.54, 1.807) is 24.3 Å². The number of hydrogen-bond acceptors (Lipinski definition) is 3. The van der Waals surface area contributed by atoms with Crippen molar-refractivity contribution in [1.29, 1.82) is 0 Å². The van der Waals surface area contributed by atoms with Crippen molar-refractivity contribution in [2.45, 2.75) is 69.4 Å². The van der Waals surface area contributed by atoms with Gasteiger partial charge in [0.25, 0.3) is 0 Å². The van der Waals surface area contributed by atoms with Gasteiger partial charge in [0.2, 0.25) is 15.9 Å². The van der Waals surface area contributed by atoms with Gasteiger partial charge in [0.05, 0.1) is 4.90 Å². The summed E-state index contributed by atoms with van der Waals surface area (Å²) in [7, 11) is -3.44. The van der Waals surface area contributed by atoms with Crippen molar-refractivity contribution in [3.05, 3.63) is 29.8 Å². The molecule has 0 atom stereocenters. The van der Waals surface area contributed by atoms with E-state index >= 15 is 0 Å². The largest absolute Gasteiger partial charge is 0.354 e. The van der Waals surface area contributed by atoms with Gasteiger partial charge in [0, 0.05) is 18.5 Å². The molecule has 0 bridgehead atoms. The van der Waals surface area contributed by atoms with E-state index in [4.69, 9.17) is 0 Å². The van der Waals surface area contributed by atoms with E-state index in [0.29, 0.717) is 17.7 Å². The average Bonchev–Trinajstić information content (AvgIpc) is 2.97. The van der Waals surface area contributed by atoms with Gasteiger partial charge in [-0.3, -0.25) is 4.79 Å². The van der Waals surface area contributed by atoms with Crippen LogP contribution in [0.15, 0.2) is 29.2 Å². The van der Waals surface area contributed by atoms with Crippen molar-refractivity contribution in [1.82, 2.24) is 10.0 Å². The summed E-state index contributed by atoms with van der Waals surface area (Å²) in [5, 5.41) is 2.84. The fourth-order valence-corrected chi connectivity index (χ4v) is 4.12. The highest BCUT2D eigenvalue weighted by Crippen LogP contribution is 2.20. The molecule has 5 nitrogen and oxygen atoms in total. The first-order valence-corrected chi connectivity index (χ1v) is 9.76. The predicted molar refractivity (Wildman–Crippen MR) is 90.6 cm³/mol. The maximum Gasteiger partial charge on any atom is 0.240 e. The molecule has 1 aliphatic rings. The summed E-state index contributed by atoms with van der Waals surface area (Å²) in [6.07, 6.45) is 5.03.